The van der Waals surface area contributed by atoms with Crippen LogP contribution in [0.2, 0.25) is 0 Å². The molecule has 0 spiro atoms. The second kappa shape index (κ2) is 14.6. The van der Waals surface area contributed by atoms with Crippen molar-refractivity contribution in [2.24, 2.45) is 0 Å². The maximum absolute atomic E-state index is 13.9. The fraction of sp³-hybridized carbons (Fsp3) is 0.333. The standard InChI is InChI=1S/C36H36N4O14P2/c1-19-9-23-15-47-55(45,49-17-25-5-7-29(51-25)39-13-21(3)33(41)37-35(39)43)53-31(23)27(11-19)28-12-20(2)10-24-16-48-56(46,54-32(24)28)50-18-26-6-8-30(52-26)40-14-22(4)34(42)38-36(40)44/h5-14,25-26,29-30H,15-18H2,1-4H3,(H,37,41,43)(H,38,42,44)/t25-,26-,29+,30+,55?,56?/m0/s1. The zero-order chi connectivity index (χ0) is 39.5. The van der Waals surface area contributed by atoms with Gasteiger partial charge < -0.3 is 18.5 Å². The number of nitrogens with zero attached hydrogens (tertiary/aromatic N) is 2. The Morgan fingerprint density at radius 2 is 1.05 bits per heavy atom. The van der Waals surface area contributed by atoms with E-state index >= 15 is 0 Å². The van der Waals surface area contributed by atoms with E-state index in [-0.39, 0.29) is 37.9 Å². The van der Waals surface area contributed by atoms with Gasteiger partial charge in [0.2, 0.25) is 0 Å². The molecule has 8 rings (SSSR count). The highest BCUT2D eigenvalue weighted by Crippen LogP contribution is 2.61. The Morgan fingerprint density at radius 1 is 0.643 bits per heavy atom. The van der Waals surface area contributed by atoms with Crippen LogP contribution in [0.1, 0.15) is 45.8 Å². The quantitative estimate of drug-likeness (QED) is 0.174. The minimum atomic E-state index is -4.24. The lowest BCUT2D eigenvalue weighted by molar-refractivity contribution is -0.0130. The number of aromatic nitrogens is 4. The average Bonchev–Trinajstić information content (AvgIpc) is 3.83. The molecular weight excluding hydrogens is 774 g/mol. The molecule has 0 saturated heterocycles. The summed E-state index contributed by atoms with van der Waals surface area (Å²) in [6.07, 6.45) is 6.16. The number of hydrogen-bond acceptors (Lipinski definition) is 14. The van der Waals surface area contributed by atoms with Gasteiger partial charge in [-0.15, -0.1) is 0 Å². The number of nitrogens with one attached hydrogen (secondary N) is 2. The Bertz CT molecular complexity index is 2480. The number of hydrogen-bond donors (Lipinski definition) is 2. The molecule has 18 nitrogen and oxygen atoms in total. The van der Waals surface area contributed by atoms with Crippen molar-refractivity contribution in [3.8, 4) is 22.6 Å². The summed E-state index contributed by atoms with van der Waals surface area (Å²) in [6, 6.07) is 7.27. The van der Waals surface area contributed by atoms with Crippen molar-refractivity contribution < 1.29 is 45.7 Å². The minimum absolute atomic E-state index is 0.114. The van der Waals surface area contributed by atoms with Gasteiger partial charge in [-0.1, -0.05) is 12.2 Å². The minimum Gasteiger partial charge on any atom is -0.403 e. The second-order valence-corrected chi connectivity index (χ2v) is 16.9. The molecule has 2 N–H and O–H groups in total. The van der Waals surface area contributed by atoms with Gasteiger partial charge in [0, 0.05) is 45.8 Å². The molecule has 4 aliphatic heterocycles. The Hall–Kier alpha value is -4.90. The van der Waals surface area contributed by atoms with E-state index in [1.807, 2.05) is 38.1 Å². The fourth-order valence-corrected chi connectivity index (χ4v) is 9.08. The molecule has 0 radical (unpaired) electrons. The van der Waals surface area contributed by atoms with Crippen molar-refractivity contribution in [2.75, 3.05) is 13.2 Å². The van der Waals surface area contributed by atoms with Crippen LogP contribution >= 0.6 is 15.6 Å². The fourth-order valence-electron chi connectivity index (χ4n) is 6.59. The Balaban J connectivity index is 0.983. The molecule has 2 aromatic heterocycles. The van der Waals surface area contributed by atoms with Crippen molar-refractivity contribution in [2.45, 2.75) is 65.6 Å². The number of rotatable bonds is 9. The third kappa shape index (κ3) is 7.50. The van der Waals surface area contributed by atoms with Crippen molar-refractivity contribution in [3.63, 3.8) is 0 Å². The summed E-state index contributed by atoms with van der Waals surface area (Å²) >= 11 is 0. The highest BCUT2D eigenvalue weighted by Gasteiger charge is 2.41. The highest BCUT2D eigenvalue weighted by atomic mass is 31.2. The highest BCUT2D eigenvalue weighted by molar-refractivity contribution is 7.49. The third-order valence-electron chi connectivity index (χ3n) is 9.32. The number of H-pyrrole nitrogens is 2. The lowest BCUT2D eigenvalue weighted by Gasteiger charge is -2.30. The van der Waals surface area contributed by atoms with E-state index in [1.165, 1.54) is 21.5 Å². The zero-order valence-electron chi connectivity index (χ0n) is 30.4. The van der Waals surface area contributed by atoms with Crippen LogP contribution in [0.5, 0.6) is 11.5 Å². The van der Waals surface area contributed by atoms with E-state index in [2.05, 4.69) is 9.97 Å². The molecule has 6 atom stereocenters. The summed E-state index contributed by atoms with van der Waals surface area (Å²) in [6.45, 7) is 6.14. The Kier molecular flexibility index (Phi) is 9.87. The summed E-state index contributed by atoms with van der Waals surface area (Å²) in [5, 5.41) is 0. The Morgan fingerprint density at radius 3 is 1.46 bits per heavy atom. The van der Waals surface area contributed by atoms with E-state index in [1.54, 1.807) is 38.2 Å². The van der Waals surface area contributed by atoms with Gasteiger partial charge in [0.25, 0.3) is 11.1 Å². The molecule has 0 saturated carbocycles. The molecule has 0 aliphatic carbocycles. The van der Waals surface area contributed by atoms with Crippen molar-refractivity contribution in [1.82, 2.24) is 19.1 Å². The van der Waals surface area contributed by atoms with Crippen LogP contribution in [0, 0.1) is 27.7 Å². The summed E-state index contributed by atoms with van der Waals surface area (Å²) in [5.41, 5.74) is 2.11. The van der Waals surface area contributed by atoms with Crippen LogP contribution in [-0.2, 0) is 49.9 Å². The van der Waals surface area contributed by atoms with E-state index < -0.39 is 62.8 Å². The van der Waals surface area contributed by atoms with Gasteiger partial charge in [0.15, 0.2) is 12.5 Å². The van der Waals surface area contributed by atoms with Gasteiger partial charge in [-0.25, -0.2) is 18.7 Å². The van der Waals surface area contributed by atoms with Crippen molar-refractivity contribution >= 4 is 15.6 Å². The van der Waals surface area contributed by atoms with E-state index in [9.17, 15) is 28.3 Å². The van der Waals surface area contributed by atoms with Crippen LogP contribution in [0.4, 0.5) is 0 Å². The largest absolute Gasteiger partial charge is 0.530 e. The summed E-state index contributed by atoms with van der Waals surface area (Å²) in [4.78, 5) is 52.8. The number of ether oxygens (including phenoxy) is 2. The normalized spacial score (nSPS) is 26.4. The first kappa shape index (κ1) is 38.0. The molecule has 4 aliphatic rings. The number of benzene rings is 2. The molecule has 56 heavy (non-hydrogen) atoms. The van der Waals surface area contributed by atoms with Gasteiger partial charge in [-0.3, -0.25) is 46.8 Å². The van der Waals surface area contributed by atoms with Gasteiger partial charge in [0.05, 0.1) is 26.4 Å². The lowest BCUT2D eigenvalue weighted by Crippen LogP contribution is -2.33. The first-order chi connectivity index (χ1) is 26.7. The molecule has 2 unspecified atom stereocenters. The predicted octanol–water partition coefficient (Wildman–Crippen LogP) is 4.66. The topological polar surface area (TPSA) is 218 Å². The van der Waals surface area contributed by atoms with Gasteiger partial charge in [-0.05, 0) is 75.2 Å². The van der Waals surface area contributed by atoms with Crippen molar-refractivity contribution in [1.29, 1.82) is 0 Å². The summed E-state index contributed by atoms with van der Waals surface area (Å²) in [7, 11) is -8.47. The summed E-state index contributed by atoms with van der Waals surface area (Å²) in [5.74, 6) is 0.422. The molecule has 0 amide bonds. The van der Waals surface area contributed by atoms with Crippen LogP contribution in [0.3, 0.4) is 0 Å². The van der Waals surface area contributed by atoms with E-state index in [4.69, 9.17) is 36.6 Å². The van der Waals surface area contributed by atoms with Gasteiger partial charge >= 0.3 is 27.0 Å². The molecule has 20 heteroatoms. The van der Waals surface area contributed by atoms with Crippen LogP contribution in [0.15, 0.2) is 80.1 Å². The molecule has 294 valence electrons. The number of phosphoric acid groups is 2. The lowest BCUT2D eigenvalue weighted by atomic mass is 9.95. The zero-order valence-corrected chi connectivity index (χ0v) is 32.2. The smallest absolute Gasteiger partial charge is 0.403 e. The third-order valence-corrected chi connectivity index (χ3v) is 11.9. The van der Waals surface area contributed by atoms with Crippen LogP contribution < -0.4 is 31.5 Å². The maximum atomic E-state index is 13.9. The monoisotopic (exact) mass is 810 g/mol. The van der Waals surface area contributed by atoms with E-state index in [0.717, 1.165) is 11.1 Å². The second-order valence-electron chi connectivity index (χ2n) is 13.7. The maximum Gasteiger partial charge on any atom is 0.530 e. The summed E-state index contributed by atoms with van der Waals surface area (Å²) < 4.78 is 76.8. The molecule has 4 aromatic rings. The SMILES string of the molecule is Cc1cc2c(c(-c3cc(C)cc4c3OP(=O)(OC[C@@H]3C=C[C@H](n5cc(C)c(=O)[nH]c5=O)O3)OC4)c1)OP(=O)(OC[C@@H]1C=C[C@H](n3cc(C)c(=O)[nH]c3=O)O1)OC2. The van der Waals surface area contributed by atoms with Crippen LogP contribution in [0.25, 0.3) is 11.1 Å². The number of fused-ring (bicyclic) bond motifs is 2. The number of aryl methyl sites for hydroxylation is 4. The van der Waals surface area contributed by atoms with Gasteiger partial charge in [0.1, 0.15) is 23.7 Å². The first-order valence-electron chi connectivity index (χ1n) is 17.4. The molecular formula is C36H36N4O14P2. The molecule has 0 bridgehead atoms. The predicted molar refractivity (Wildman–Crippen MR) is 198 cm³/mol. The first-order valence-corrected chi connectivity index (χ1v) is 20.3. The van der Waals surface area contributed by atoms with Gasteiger partial charge in [-0.2, -0.15) is 0 Å². The average molecular weight is 811 g/mol. The molecule has 6 heterocycles. The van der Waals surface area contributed by atoms with E-state index in [0.29, 0.717) is 33.4 Å². The number of phosphoric ester groups is 2. The molecule has 2 aromatic carbocycles. The Labute approximate surface area is 317 Å². The van der Waals surface area contributed by atoms with Crippen molar-refractivity contribution in [3.05, 3.63) is 136 Å². The number of aromatic amines is 2. The molecule has 0 fully saturated rings. The van der Waals surface area contributed by atoms with Crippen LogP contribution in [-0.4, -0.2) is 44.5 Å².